The molecular weight excluding hydrogens is 194 g/mol. The molecule has 78 valence electrons. The average Bonchev–Trinajstić information content (AvgIpc) is 2.23. The first-order valence-corrected chi connectivity index (χ1v) is 4.32. The maximum absolute atomic E-state index is 10.6. The number of allylic oxidation sites excluding steroid dienone is 1. The Kier molecular flexibility index (Phi) is 3.62. The van der Waals surface area contributed by atoms with Crippen LogP contribution in [0.4, 0.5) is 0 Å². The van der Waals surface area contributed by atoms with E-state index < -0.39 is 0 Å². The number of aromatic hydroxyl groups is 1. The normalized spacial score (nSPS) is 10.4. The van der Waals surface area contributed by atoms with Gasteiger partial charge in [-0.2, -0.15) is 0 Å². The van der Waals surface area contributed by atoms with Crippen molar-refractivity contribution in [1.29, 1.82) is 0 Å². The lowest BCUT2D eigenvalue weighted by molar-refractivity contribution is 0.112. The fraction of sp³-hybridized carbons (Fsp3) is 0.0909. The molecule has 0 amide bonds. The zero-order valence-corrected chi connectivity index (χ0v) is 8.05. The number of hydrogen-bond acceptors (Lipinski definition) is 4. The molecule has 0 aliphatic carbocycles. The van der Waals surface area contributed by atoms with E-state index in [9.17, 15) is 9.90 Å². The Morgan fingerprint density at radius 3 is 2.60 bits per heavy atom. The molecule has 1 aromatic carbocycles. The predicted octanol–water partition coefficient (Wildman–Crippen LogP) is 1.74. The largest absolute Gasteiger partial charge is 0.507 e. The number of rotatable bonds is 4. The lowest BCUT2D eigenvalue weighted by Crippen LogP contribution is -1.93. The van der Waals surface area contributed by atoms with Crippen LogP contribution in [0.5, 0.6) is 5.75 Å². The molecule has 4 heteroatoms. The summed E-state index contributed by atoms with van der Waals surface area (Å²) in [6.07, 6.45) is 3.89. The summed E-state index contributed by atoms with van der Waals surface area (Å²) in [5.74, 6) is -0.185. The summed E-state index contributed by atoms with van der Waals surface area (Å²) in [6, 6.07) is 3.20. The second kappa shape index (κ2) is 4.95. The van der Waals surface area contributed by atoms with Crippen LogP contribution >= 0.6 is 0 Å². The number of phenols is 1. The molecule has 0 fully saturated rings. The van der Waals surface area contributed by atoms with E-state index in [1.54, 1.807) is 18.2 Å². The zero-order valence-electron chi connectivity index (χ0n) is 8.05. The van der Waals surface area contributed by atoms with Crippen LogP contribution < -0.4 is 0 Å². The highest BCUT2D eigenvalue weighted by Crippen LogP contribution is 2.22. The molecule has 0 atom stereocenters. The van der Waals surface area contributed by atoms with Gasteiger partial charge in [-0.1, -0.05) is 11.2 Å². The van der Waals surface area contributed by atoms with Crippen LogP contribution in [0.2, 0.25) is 0 Å². The maximum atomic E-state index is 10.6. The van der Waals surface area contributed by atoms with Crippen LogP contribution in [0.1, 0.15) is 21.5 Å². The van der Waals surface area contributed by atoms with Crippen LogP contribution in [-0.4, -0.2) is 22.8 Å². The molecule has 0 aliphatic heterocycles. The molecule has 1 aromatic rings. The Bertz CT molecular complexity index is 411. The van der Waals surface area contributed by atoms with Crippen molar-refractivity contribution in [1.82, 2.24) is 0 Å². The van der Waals surface area contributed by atoms with Crippen molar-refractivity contribution in [2.75, 3.05) is 0 Å². The Morgan fingerprint density at radius 1 is 1.40 bits per heavy atom. The Morgan fingerprint density at radius 2 is 2.07 bits per heavy atom. The number of phenolic OH excluding ortho intramolecular Hbond substituents is 1. The minimum Gasteiger partial charge on any atom is -0.507 e. The lowest BCUT2D eigenvalue weighted by Gasteiger charge is -2.05. The maximum Gasteiger partial charge on any atom is 0.153 e. The minimum absolute atomic E-state index is 0.171. The number of carbonyl (C=O) groups is 1. The smallest absolute Gasteiger partial charge is 0.153 e. The summed E-state index contributed by atoms with van der Waals surface area (Å²) < 4.78 is 0. The number of hydrogen-bond donors (Lipinski definition) is 2. The van der Waals surface area contributed by atoms with Crippen molar-refractivity contribution in [2.45, 2.75) is 6.42 Å². The van der Waals surface area contributed by atoms with Gasteiger partial charge in [0.2, 0.25) is 0 Å². The fourth-order valence-corrected chi connectivity index (χ4v) is 1.28. The Balaban J connectivity index is 3.30. The van der Waals surface area contributed by atoms with Gasteiger partial charge in [-0.05, 0) is 24.1 Å². The first kappa shape index (κ1) is 11.0. The Hall–Kier alpha value is -2.10. The lowest BCUT2D eigenvalue weighted by atomic mass is 10.0. The van der Waals surface area contributed by atoms with Gasteiger partial charge in [-0.25, -0.2) is 0 Å². The van der Waals surface area contributed by atoms with Crippen LogP contribution in [0.3, 0.4) is 0 Å². The van der Waals surface area contributed by atoms with Gasteiger partial charge in [0, 0.05) is 5.56 Å². The molecule has 15 heavy (non-hydrogen) atoms. The summed E-state index contributed by atoms with van der Waals surface area (Å²) in [5.41, 5.74) is 1.29. The Labute approximate surface area is 87.2 Å². The number of nitrogens with zero attached hydrogens (tertiary/aromatic N) is 1. The standard InChI is InChI=1S/C11H11NO3/c1-2-3-8-4-9(6-12-15)11(14)10(5-8)7-13/h2,4-7,14-15H,1,3H2. The second-order valence-electron chi connectivity index (χ2n) is 2.98. The van der Waals surface area contributed by atoms with Gasteiger partial charge in [0.05, 0.1) is 11.8 Å². The van der Waals surface area contributed by atoms with Crippen molar-refractivity contribution in [3.8, 4) is 5.75 Å². The molecule has 0 aliphatic rings. The minimum atomic E-state index is -0.185. The van der Waals surface area contributed by atoms with E-state index in [-0.39, 0.29) is 11.3 Å². The van der Waals surface area contributed by atoms with E-state index in [2.05, 4.69) is 11.7 Å². The van der Waals surface area contributed by atoms with Gasteiger partial charge in [0.15, 0.2) is 6.29 Å². The number of oxime groups is 1. The summed E-state index contributed by atoms with van der Waals surface area (Å²) in [6.45, 7) is 3.58. The van der Waals surface area contributed by atoms with Gasteiger partial charge in [0.25, 0.3) is 0 Å². The summed E-state index contributed by atoms with van der Waals surface area (Å²) >= 11 is 0. The van der Waals surface area contributed by atoms with Crippen LogP contribution in [0, 0.1) is 0 Å². The average molecular weight is 205 g/mol. The van der Waals surface area contributed by atoms with Gasteiger partial charge in [-0.15, -0.1) is 6.58 Å². The molecule has 0 unspecified atom stereocenters. The molecule has 0 heterocycles. The quantitative estimate of drug-likeness (QED) is 0.258. The van der Waals surface area contributed by atoms with Crippen molar-refractivity contribution in [3.05, 3.63) is 41.5 Å². The van der Waals surface area contributed by atoms with Gasteiger partial charge in [-0.3, -0.25) is 4.79 Å². The van der Waals surface area contributed by atoms with E-state index >= 15 is 0 Å². The summed E-state index contributed by atoms with van der Waals surface area (Å²) in [4.78, 5) is 10.6. The van der Waals surface area contributed by atoms with E-state index in [1.165, 1.54) is 0 Å². The van der Waals surface area contributed by atoms with E-state index in [1.807, 2.05) is 0 Å². The molecule has 0 saturated heterocycles. The van der Waals surface area contributed by atoms with Gasteiger partial charge >= 0.3 is 0 Å². The molecule has 0 aromatic heterocycles. The van der Waals surface area contributed by atoms with Gasteiger partial charge in [0.1, 0.15) is 5.75 Å². The third-order valence-corrected chi connectivity index (χ3v) is 1.93. The molecule has 2 N–H and O–H groups in total. The third-order valence-electron chi connectivity index (χ3n) is 1.93. The highest BCUT2D eigenvalue weighted by atomic mass is 16.4. The highest BCUT2D eigenvalue weighted by molar-refractivity contribution is 5.90. The van der Waals surface area contributed by atoms with Crippen molar-refractivity contribution in [2.24, 2.45) is 5.16 Å². The SMILES string of the molecule is C=CCc1cc(C=O)c(O)c(C=NO)c1. The molecular formula is C11H11NO3. The monoisotopic (exact) mass is 205 g/mol. The summed E-state index contributed by atoms with van der Waals surface area (Å²) in [5, 5.41) is 20.7. The molecule has 4 nitrogen and oxygen atoms in total. The molecule has 0 spiro atoms. The van der Waals surface area contributed by atoms with Crippen LogP contribution in [0.25, 0.3) is 0 Å². The number of aldehydes is 1. The van der Waals surface area contributed by atoms with Crippen LogP contribution in [-0.2, 0) is 6.42 Å². The second-order valence-corrected chi connectivity index (χ2v) is 2.98. The number of carbonyl (C=O) groups excluding carboxylic acids is 1. The fourth-order valence-electron chi connectivity index (χ4n) is 1.28. The molecule has 0 bridgehead atoms. The van der Waals surface area contributed by atoms with Crippen molar-refractivity contribution >= 4 is 12.5 Å². The number of benzene rings is 1. The van der Waals surface area contributed by atoms with E-state index in [4.69, 9.17) is 5.21 Å². The molecule has 1 rings (SSSR count). The van der Waals surface area contributed by atoms with Crippen molar-refractivity contribution < 1.29 is 15.1 Å². The molecule has 0 saturated carbocycles. The third kappa shape index (κ3) is 2.43. The topological polar surface area (TPSA) is 69.9 Å². The van der Waals surface area contributed by atoms with E-state index in [0.717, 1.165) is 11.8 Å². The highest BCUT2D eigenvalue weighted by Gasteiger charge is 2.07. The van der Waals surface area contributed by atoms with Crippen molar-refractivity contribution in [3.63, 3.8) is 0 Å². The van der Waals surface area contributed by atoms with E-state index in [0.29, 0.717) is 18.3 Å². The molecule has 0 radical (unpaired) electrons. The zero-order chi connectivity index (χ0) is 11.3. The first-order valence-electron chi connectivity index (χ1n) is 4.32. The predicted molar refractivity (Wildman–Crippen MR) is 56.8 cm³/mol. The summed E-state index contributed by atoms with van der Waals surface area (Å²) in [7, 11) is 0. The van der Waals surface area contributed by atoms with Crippen LogP contribution in [0.15, 0.2) is 29.9 Å². The first-order chi connectivity index (χ1) is 7.22. The van der Waals surface area contributed by atoms with Gasteiger partial charge < -0.3 is 10.3 Å².